The number of halogens is 1. The summed E-state index contributed by atoms with van der Waals surface area (Å²) >= 11 is 6.26. The van der Waals surface area contributed by atoms with Gasteiger partial charge < -0.3 is 5.73 Å². The first kappa shape index (κ1) is 11.9. The minimum absolute atomic E-state index is 0.367. The lowest BCUT2D eigenvalue weighted by Gasteiger charge is -2.28. The molecule has 1 saturated carbocycles. The maximum atomic E-state index is 6.26. The number of hydrogen-bond acceptors (Lipinski definition) is 1. The number of nitrogens with two attached hydrogens (primary N) is 1. The molecule has 2 N–H and O–H groups in total. The maximum absolute atomic E-state index is 6.26. The Hall–Kier alpha value is -0.530. The van der Waals surface area contributed by atoms with Crippen molar-refractivity contribution in [3.05, 3.63) is 34.3 Å². The van der Waals surface area contributed by atoms with Gasteiger partial charge in [-0.1, -0.05) is 36.6 Å². The Kier molecular flexibility index (Phi) is 3.88. The van der Waals surface area contributed by atoms with Crippen LogP contribution in [0.1, 0.15) is 36.8 Å². The standard InChI is InChI=1S/C14H20ClN/c1-10-6-7-11(13(15)8-10)9-12-4-2-3-5-14(12)16/h6-8,12,14H,2-5,9,16H2,1H3. The molecule has 2 unspecified atom stereocenters. The molecule has 0 aromatic heterocycles. The molecule has 1 aromatic rings. The van der Waals surface area contributed by atoms with Crippen LogP contribution in [0.4, 0.5) is 0 Å². The number of aryl methyl sites for hydroxylation is 1. The van der Waals surface area contributed by atoms with Crippen LogP contribution in [-0.4, -0.2) is 6.04 Å². The maximum Gasteiger partial charge on any atom is 0.0440 e. The van der Waals surface area contributed by atoms with Gasteiger partial charge in [-0.2, -0.15) is 0 Å². The molecule has 2 atom stereocenters. The molecular formula is C14H20ClN. The largest absolute Gasteiger partial charge is 0.327 e. The van der Waals surface area contributed by atoms with Gasteiger partial charge in [0.2, 0.25) is 0 Å². The molecule has 0 heterocycles. The normalized spacial score (nSPS) is 25.7. The summed E-state index contributed by atoms with van der Waals surface area (Å²) in [5, 5.41) is 0.901. The van der Waals surface area contributed by atoms with Gasteiger partial charge in [0, 0.05) is 11.1 Å². The van der Waals surface area contributed by atoms with Crippen molar-refractivity contribution >= 4 is 11.6 Å². The fourth-order valence-electron chi connectivity index (χ4n) is 2.59. The average molecular weight is 238 g/mol. The quantitative estimate of drug-likeness (QED) is 0.834. The van der Waals surface area contributed by atoms with Crippen molar-refractivity contribution in [2.75, 3.05) is 0 Å². The van der Waals surface area contributed by atoms with Crippen molar-refractivity contribution in [3.8, 4) is 0 Å². The van der Waals surface area contributed by atoms with Gasteiger partial charge in [-0.05, 0) is 49.3 Å². The third kappa shape index (κ3) is 2.78. The Morgan fingerprint density at radius 3 is 2.75 bits per heavy atom. The summed E-state index contributed by atoms with van der Waals surface area (Å²) in [4.78, 5) is 0. The summed E-state index contributed by atoms with van der Waals surface area (Å²) in [6.07, 6.45) is 6.08. The number of rotatable bonds is 2. The molecule has 0 radical (unpaired) electrons. The molecule has 16 heavy (non-hydrogen) atoms. The van der Waals surface area contributed by atoms with Crippen molar-refractivity contribution < 1.29 is 0 Å². The van der Waals surface area contributed by atoms with Crippen LogP contribution in [0.5, 0.6) is 0 Å². The second-order valence-electron chi connectivity index (χ2n) is 5.01. The van der Waals surface area contributed by atoms with E-state index in [0.29, 0.717) is 12.0 Å². The minimum Gasteiger partial charge on any atom is -0.327 e. The van der Waals surface area contributed by atoms with Gasteiger partial charge in [0.25, 0.3) is 0 Å². The van der Waals surface area contributed by atoms with E-state index in [4.69, 9.17) is 17.3 Å². The molecule has 1 aliphatic rings. The highest BCUT2D eigenvalue weighted by atomic mass is 35.5. The van der Waals surface area contributed by atoms with Crippen molar-refractivity contribution in [3.63, 3.8) is 0 Å². The Balaban J connectivity index is 2.07. The monoisotopic (exact) mass is 237 g/mol. The van der Waals surface area contributed by atoms with Gasteiger partial charge in [-0.3, -0.25) is 0 Å². The second kappa shape index (κ2) is 5.20. The highest BCUT2D eigenvalue weighted by Gasteiger charge is 2.22. The van der Waals surface area contributed by atoms with Crippen molar-refractivity contribution in [1.29, 1.82) is 0 Å². The van der Waals surface area contributed by atoms with Crippen LogP contribution in [0.25, 0.3) is 0 Å². The van der Waals surface area contributed by atoms with Gasteiger partial charge in [-0.15, -0.1) is 0 Å². The van der Waals surface area contributed by atoms with Crippen LogP contribution in [-0.2, 0) is 6.42 Å². The van der Waals surface area contributed by atoms with E-state index in [1.807, 2.05) is 6.07 Å². The SMILES string of the molecule is Cc1ccc(CC2CCCCC2N)c(Cl)c1. The van der Waals surface area contributed by atoms with E-state index in [1.54, 1.807) is 0 Å². The molecule has 2 rings (SSSR count). The zero-order valence-electron chi connectivity index (χ0n) is 9.88. The van der Waals surface area contributed by atoms with Gasteiger partial charge in [-0.25, -0.2) is 0 Å². The molecule has 1 fully saturated rings. The Morgan fingerprint density at radius 2 is 2.06 bits per heavy atom. The predicted molar refractivity (Wildman–Crippen MR) is 69.8 cm³/mol. The third-order valence-corrected chi connectivity index (χ3v) is 4.01. The molecule has 2 heteroatoms. The minimum atomic E-state index is 0.367. The van der Waals surface area contributed by atoms with Crippen LogP contribution in [0.2, 0.25) is 5.02 Å². The first-order chi connectivity index (χ1) is 7.66. The van der Waals surface area contributed by atoms with Crippen LogP contribution in [0.15, 0.2) is 18.2 Å². The van der Waals surface area contributed by atoms with Gasteiger partial charge in [0.05, 0.1) is 0 Å². The second-order valence-corrected chi connectivity index (χ2v) is 5.41. The van der Waals surface area contributed by atoms with Crippen molar-refractivity contribution in [1.82, 2.24) is 0 Å². The molecule has 0 bridgehead atoms. The smallest absolute Gasteiger partial charge is 0.0440 e. The highest BCUT2D eigenvalue weighted by molar-refractivity contribution is 6.31. The molecule has 1 aliphatic carbocycles. The summed E-state index contributed by atoms with van der Waals surface area (Å²) in [6.45, 7) is 2.07. The molecule has 1 aromatic carbocycles. The lowest BCUT2D eigenvalue weighted by Crippen LogP contribution is -2.34. The zero-order valence-corrected chi connectivity index (χ0v) is 10.6. The molecule has 0 spiro atoms. The van der Waals surface area contributed by atoms with Gasteiger partial charge >= 0.3 is 0 Å². The van der Waals surface area contributed by atoms with Gasteiger partial charge in [0.15, 0.2) is 0 Å². The lowest BCUT2D eigenvalue weighted by molar-refractivity contribution is 0.306. The summed E-state index contributed by atoms with van der Waals surface area (Å²) < 4.78 is 0. The van der Waals surface area contributed by atoms with E-state index in [1.165, 1.54) is 36.8 Å². The van der Waals surface area contributed by atoms with Gasteiger partial charge in [0.1, 0.15) is 0 Å². The first-order valence-corrected chi connectivity index (χ1v) is 6.55. The first-order valence-electron chi connectivity index (χ1n) is 6.17. The summed E-state index contributed by atoms with van der Waals surface area (Å²) in [5.41, 5.74) is 8.65. The van der Waals surface area contributed by atoms with E-state index in [0.717, 1.165) is 11.4 Å². The molecule has 0 saturated heterocycles. The predicted octanol–water partition coefficient (Wildman–Crippen LogP) is 3.71. The van der Waals surface area contributed by atoms with E-state index in [-0.39, 0.29) is 0 Å². The van der Waals surface area contributed by atoms with Crippen molar-refractivity contribution in [2.24, 2.45) is 11.7 Å². The molecule has 88 valence electrons. The van der Waals surface area contributed by atoms with Crippen LogP contribution < -0.4 is 5.73 Å². The fraction of sp³-hybridized carbons (Fsp3) is 0.571. The Bertz CT molecular complexity index is 362. The fourth-order valence-corrected chi connectivity index (χ4v) is 2.90. The Morgan fingerprint density at radius 1 is 1.31 bits per heavy atom. The molecular weight excluding hydrogens is 218 g/mol. The average Bonchev–Trinajstić information content (AvgIpc) is 2.25. The summed E-state index contributed by atoms with van der Waals surface area (Å²) in [5.74, 6) is 0.619. The van der Waals surface area contributed by atoms with Crippen molar-refractivity contribution in [2.45, 2.75) is 45.1 Å². The van der Waals surface area contributed by atoms with E-state index in [9.17, 15) is 0 Å². The lowest BCUT2D eigenvalue weighted by atomic mass is 9.81. The molecule has 0 amide bonds. The third-order valence-electron chi connectivity index (χ3n) is 3.66. The number of hydrogen-bond donors (Lipinski definition) is 1. The topological polar surface area (TPSA) is 26.0 Å². The van der Waals surface area contributed by atoms with E-state index < -0.39 is 0 Å². The summed E-state index contributed by atoms with van der Waals surface area (Å²) in [6, 6.07) is 6.70. The van der Waals surface area contributed by atoms with E-state index >= 15 is 0 Å². The Labute approximate surface area is 103 Å². The molecule has 1 nitrogen and oxygen atoms in total. The van der Waals surface area contributed by atoms with Crippen LogP contribution >= 0.6 is 11.6 Å². The molecule has 0 aliphatic heterocycles. The zero-order chi connectivity index (χ0) is 11.5. The highest BCUT2D eigenvalue weighted by Crippen LogP contribution is 2.29. The number of benzene rings is 1. The van der Waals surface area contributed by atoms with Crippen LogP contribution in [0, 0.1) is 12.8 Å². The summed E-state index contributed by atoms with van der Waals surface area (Å²) in [7, 11) is 0. The van der Waals surface area contributed by atoms with E-state index in [2.05, 4.69) is 19.1 Å². The van der Waals surface area contributed by atoms with Crippen LogP contribution in [0.3, 0.4) is 0 Å².